The van der Waals surface area contributed by atoms with E-state index in [1.807, 2.05) is 30.3 Å². The Morgan fingerprint density at radius 2 is 1.79 bits per heavy atom. The lowest BCUT2D eigenvalue weighted by Crippen LogP contribution is -2.37. The first kappa shape index (κ1) is 16.3. The number of hydrogen-bond donors (Lipinski definition) is 0. The second kappa shape index (κ2) is 6.14. The highest BCUT2D eigenvalue weighted by molar-refractivity contribution is 6.88. The number of benzene rings is 2. The van der Waals surface area contributed by atoms with Gasteiger partial charge in [0.15, 0.2) is 0 Å². The minimum absolute atomic E-state index is 0.0283. The van der Waals surface area contributed by atoms with Gasteiger partial charge in [-0.25, -0.2) is 0 Å². The summed E-state index contributed by atoms with van der Waals surface area (Å²) in [5, 5.41) is 2.98. The highest BCUT2D eigenvalue weighted by Crippen LogP contribution is 2.13. The van der Waals surface area contributed by atoms with E-state index in [0.29, 0.717) is 17.6 Å². The van der Waals surface area contributed by atoms with E-state index < -0.39 is 8.07 Å². The van der Waals surface area contributed by atoms with Crippen LogP contribution < -0.4 is 10.7 Å². The summed E-state index contributed by atoms with van der Waals surface area (Å²) >= 11 is 0. The normalized spacial score (nSPS) is 11.4. The van der Waals surface area contributed by atoms with Gasteiger partial charge in [-0.1, -0.05) is 73.2 Å². The summed E-state index contributed by atoms with van der Waals surface area (Å²) in [7, 11) is -1.39. The molecule has 0 fully saturated rings. The predicted molar refractivity (Wildman–Crippen MR) is 105 cm³/mol. The number of aromatic nitrogens is 1. The molecule has 0 atom stereocenters. The molecular formula is C21H21NOSi. The van der Waals surface area contributed by atoms with E-state index >= 15 is 0 Å². The molecule has 0 bridgehead atoms. The summed E-state index contributed by atoms with van der Waals surface area (Å²) < 4.78 is 1.70. The molecule has 24 heavy (non-hydrogen) atoms. The van der Waals surface area contributed by atoms with E-state index in [2.05, 4.69) is 49.8 Å². The molecular weight excluding hydrogens is 310 g/mol. The van der Waals surface area contributed by atoms with E-state index in [4.69, 9.17) is 6.42 Å². The Balaban J connectivity index is 2.13. The van der Waals surface area contributed by atoms with Gasteiger partial charge >= 0.3 is 0 Å². The summed E-state index contributed by atoms with van der Waals surface area (Å²) in [6, 6.07) is 18.0. The minimum Gasteiger partial charge on any atom is -0.296 e. The molecule has 0 amide bonds. The average molecular weight is 331 g/mol. The van der Waals surface area contributed by atoms with E-state index in [1.165, 1.54) is 5.19 Å². The fourth-order valence-corrected chi connectivity index (χ4v) is 4.11. The van der Waals surface area contributed by atoms with Crippen LogP contribution >= 0.6 is 0 Å². The van der Waals surface area contributed by atoms with Crippen LogP contribution in [0.2, 0.25) is 19.6 Å². The van der Waals surface area contributed by atoms with Crippen LogP contribution in [-0.4, -0.2) is 12.6 Å². The van der Waals surface area contributed by atoms with Crippen molar-refractivity contribution in [3.05, 3.63) is 76.2 Å². The fourth-order valence-electron chi connectivity index (χ4n) is 2.89. The molecule has 120 valence electrons. The third-order valence-corrected chi connectivity index (χ3v) is 6.34. The summed E-state index contributed by atoms with van der Waals surface area (Å²) in [6.45, 7) is 7.46. The lowest BCUT2D eigenvalue weighted by atomic mass is 10.1. The standard InChI is InChI=1S/C21H21NOSi/c1-5-18-14-17-10-6-7-12-20(17)21(23)22(18)15-16-9-8-11-19(13-16)24(2,3)4/h1,6-14H,15H2,2-4H3. The maximum Gasteiger partial charge on any atom is 0.259 e. The van der Waals surface area contributed by atoms with Crippen LogP contribution in [-0.2, 0) is 6.54 Å². The van der Waals surface area contributed by atoms with Crippen molar-refractivity contribution in [2.75, 3.05) is 0 Å². The Morgan fingerprint density at radius 3 is 2.50 bits per heavy atom. The quantitative estimate of drug-likeness (QED) is 0.531. The first-order valence-corrected chi connectivity index (χ1v) is 11.6. The lowest BCUT2D eigenvalue weighted by Gasteiger charge is -2.18. The van der Waals surface area contributed by atoms with Crippen molar-refractivity contribution in [3.63, 3.8) is 0 Å². The summed E-state index contributed by atoms with van der Waals surface area (Å²) in [5.74, 6) is 2.67. The molecule has 2 nitrogen and oxygen atoms in total. The van der Waals surface area contributed by atoms with E-state index in [9.17, 15) is 4.79 Å². The van der Waals surface area contributed by atoms with Crippen molar-refractivity contribution >= 4 is 24.0 Å². The number of hydrogen-bond acceptors (Lipinski definition) is 1. The molecule has 0 N–H and O–H groups in total. The van der Waals surface area contributed by atoms with Crippen molar-refractivity contribution in [1.29, 1.82) is 0 Å². The van der Waals surface area contributed by atoms with Gasteiger partial charge in [0.1, 0.15) is 0 Å². The maximum atomic E-state index is 12.9. The average Bonchev–Trinajstić information content (AvgIpc) is 2.57. The van der Waals surface area contributed by atoms with Crippen LogP contribution in [0.4, 0.5) is 0 Å². The van der Waals surface area contributed by atoms with Crippen LogP contribution in [0.3, 0.4) is 0 Å². The first-order chi connectivity index (χ1) is 11.4. The van der Waals surface area contributed by atoms with Gasteiger partial charge < -0.3 is 0 Å². The zero-order valence-electron chi connectivity index (χ0n) is 14.3. The molecule has 1 heterocycles. The minimum atomic E-state index is -1.39. The van der Waals surface area contributed by atoms with Gasteiger partial charge in [-0.2, -0.15) is 0 Å². The van der Waals surface area contributed by atoms with Crippen molar-refractivity contribution in [1.82, 2.24) is 4.57 Å². The molecule has 0 aliphatic rings. The first-order valence-electron chi connectivity index (χ1n) is 8.09. The number of pyridine rings is 1. The van der Waals surface area contributed by atoms with Crippen LogP contribution in [0.1, 0.15) is 11.3 Å². The molecule has 0 unspecified atom stereocenters. The van der Waals surface area contributed by atoms with Crippen molar-refractivity contribution in [2.24, 2.45) is 0 Å². The molecule has 0 spiro atoms. The van der Waals surface area contributed by atoms with Crippen molar-refractivity contribution in [3.8, 4) is 12.3 Å². The maximum absolute atomic E-state index is 12.9. The number of nitrogens with zero attached hydrogens (tertiary/aromatic N) is 1. The summed E-state index contributed by atoms with van der Waals surface area (Å²) in [5.41, 5.74) is 1.71. The third-order valence-electron chi connectivity index (χ3n) is 4.30. The molecule has 3 heteroatoms. The summed E-state index contributed by atoms with van der Waals surface area (Å²) in [6.07, 6.45) is 5.66. The molecule has 3 rings (SSSR count). The number of fused-ring (bicyclic) bond motifs is 1. The topological polar surface area (TPSA) is 22.0 Å². The SMILES string of the molecule is C#Cc1cc2ccccc2c(=O)n1Cc1cccc([Si](C)(C)C)c1. The lowest BCUT2D eigenvalue weighted by molar-refractivity contribution is 0.758. The monoisotopic (exact) mass is 331 g/mol. The highest BCUT2D eigenvalue weighted by Gasteiger charge is 2.16. The predicted octanol–water partition coefficient (Wildman–Crippen LogP) is 3.58. The fraction of sp³-hybridized carbons (Fsp3) is 0.190. The Hall–Kier alpha value is -2.57. The Bertz CT molecular complexity index is 1000. The van der Waals surface area contributed by atoms with E-state index in [-0.39, 0.29) is 5.56 Å². The molecule has 0 saturated carbocycles. The van der Waals surface area contributed by atoms with Gasteiger partial charge in [-0.15, -0.1) is 6.42 Å². The Labute approximate surface area is 143 Å². The van der Waals surface area contributed by atoms with Crippen molar-refractivity contribution in [2.45, 2.75) is 26.2 Å². The van der Waals surface area contributed by atoms with Gasteiger partial charge in [-0.05, 0) is 23.1 Å². The highest BCUT2D eigenvalue weighted by atomic mass is 28.3. The Kier molecular flexibility index (Phi) is 4.17. The van der Waals surface area contributed by atoms with E-state index in [0.717, 1.165) is 10.9 Å². The third kappa shape index (κ3) is 3.06. The second-order valence-electron chi connectivity index (χ2n) is 7.10. The van der Waals surface area contributed by atoms with Crippen LogP contribution in [0, 0.1) is 12.3 Å². The molecule has 0 aliphatic heterocycles. The zero-order valence-corrected chi connectivity index (χ0v) is 15.3. The second-order valence-corrected chi connectivity index (χ2v) is 12.2. The van der Waals surface area contributed by atoms with Gasteiger partial charge in [0.05, 0.1) is 20.3 Å². The molecule has 0 radical (unpaired) electrons. The summed E-state index contributed by atoms with van der Waals surface area (Å²) in [4.78, 5) is 12.9. The zero-order chi connectivity index (χ0) is 17.3. The van der Waals surface area contributed by atoms with Crippen molar-refractivity contribution < 1.29 is 0 Å². The van der Waals surface area contributed by atoms with E-state index in [1.54, 1.807) is 4.57 Å². The van der Waals surface area contributed by atoms with Gasteiger partial charge in [0, 0.05) is 5.39 Å². The largest absolute Gasteiger partial charge is 0.296 e. The van der Waals surface area contributed by atoms with Gasteiger partial charge in [-0.3, -0.25) is 9.36 Å². The van der Waals surface area contributed by atoms with Crippen LogP contribution in [0.5, 0.6) is 0 Å². The molecule has 1 aromatic heterocycles. The molecule has 3 aromatic rings. The Morgan fingerprint density at radius 1 is 1.04 bits per heavy atom. The van der Waals surface area contributed by atoms with Gasteiger partial charge in [0.25, 0.3) is 5.56 Å². The van der Waals surface area contributed by atoms with Crippen LogP contribution in [0.15, 0.2) is 59.4 Å². The molecule has 0 aliphatic carbocycles. The molecule has 0 saturated heterocycles. The number of terminal acetylenes is 1. The smallest absolute Gasteiger partial charge is 0.259 e. The molecule has 2 aromatic carbocycles. The van der Waals surface area contributed by atoms with Gasteiger partial charge in [0.2, 0.25) is 0 Å². The number of rotatable bonds is 3. The van der Waals surface area contributed by atoms with Crippen LogP contribution in [0.25, 0.3) is 10.8 Å².